The zero-order chi connectivity index (χ0) is 18.6. The van der Waals surface area contributed by atoms with E-state index in [1.807, 2.05) is 30.1 Å². The van der Waals surface area contributed by atoms with Crippen molar-refractivity contribution in [2.24, 2.45) is 0 Å². The smallest absolute Gasteiger partial charge is 0.276 e. The van der Waals surface area contributed by atoms with Gasteiger partial charge in [-0.2, -0.15) is 0 Å². The van der Waals surface area contributed by atoms with Crippen molar-refractivity contribution < 1.29 is 14.3 Å². The number of nitrogens with zero attached hydrogens (tertiary/aromatic N) is 3. The van der Waals surface area contributed by atoms with Crippen LogP contribution in [0.3, 0.4) is 0 Å². The molecule has 1 aromatic heterocycles. The summed E-state index contributed by atoms with van der Waals surface area (Å²) >= 11 is 0. The molecule has 1 aliphatic rings. The number of anilines is 2. The zero-order valence-electron chi connectivity index (χ0n) is 14.8. The average molecular weight is 362 g/mol. The first-order valence-electron chi connectivity index (χ1n) is 8.49. The second-order valence-corrected chi connectivity index (χ2v) is 6.14. The fourth-order valence-electron chi connectivity index (χ4n) is 2.76. The van der Waals surface area contributed by atoms with Gasteiger partial charge in [-0.15, -0.1) is 10.2 Å². The first kappa shape index (κ1) is 16.8. The number of ether oxygens (including phenoxy) is 2. The van der Waals surface area contributed by atoms with Gasteiger partial charge in [-0.1, -0.05) is 30.3 Å². The van der Waals surface area contributed by atoms with Gasteiger partial charge in [0.1, 0.15) is 0 Å². The molecule has 7 heteroatoms. The van der Waals surface area contributed by atoms with Gasteiger partial charge in [-0.25, -0.2) is 0 Å². The Balaban J connectivity index is 1.41. The summed E-state index contributed by atoms with van der Waals surface area (Å²) in [5.41, 5.74) is 2.02. The molecule has 1 N–H and O–H groups in total. The lowest BCUT2D eigenvalue weighted by Crippen LogP contribution is -2.20. The number of nitrogens with one attached hydrogen (secondary N) is 1. The molecular formula is C20H18N4O3. The van der Waals surface area contributed by atoms with Gasteiger partial charge in [0.15, 0.2) is 23.0 Å². The molecule has 2 heterocycles. The van der Waals surface area contributed by atoms with Crippen molar-refractivity contribution in [3.8, 4) is 11.5 Å². The molecule has 27 heavy (non-hydrogen) atoms. The van der Waals surface area contributed by atoms with E-state index < -0.39 is 0 Å². The molecule has 0 saturated carbocycles. The number of hydrogen-bond donors (Lipinski definition) is 1. The zero-order valence-corrected chi connectivity index (χ0v) is 14.8. The summed E-state index contributed by atoms with van der Waals surface area (Å²) in [6, 6.07) is 18.8. The topological polar surface area (TPSA) is 76.6 Å². The Hall–Kier alpha value is -3.61. The fraction of sp³-hybridized carbons (Fsp3) is 0.150. The number of carbonyl (C=O) groups excluding carboxylic acids is 1. The minimum atomic E-state index is -0.335. The molecule has 0 saturated heterocycles. The fourth-order valence-corrected chi connectivity index (χ4v) is 2.76. The molecule has 0 aliphatic carbocycles. The molecule has 136 valence electrons. The van der Waals surface area contributed by atoms with Crippen LogP contribution in [0.4, 0.5) is 11.5 Å². The largest absolute Gasteiger partial charge is 0.454 e. The highest BCUT2D eigenvalue weighted by molar-refractivity contribution is 6.03. The van der Waals surface area contributed by atoms with Crippen LogP contribution >= 0.6 is 0 Å². The van der Waals surface area contributed by atoms with E-state index in [1.165, 1.54) is 5.56 Å². The third kappa shape index (κ3) is 3.82. The number of rotatable bonds is 5. The summed E-state index contributed by atoms with van der Waals surface area (Å²) in [7, 11) is 1.93. The lowest BCUT2D eigenvalue weighted by atomic mass is 10.2. The summed E-state index contributed by atoms with van der Waals surface area (Å²) < 4.78 is 10.6. The van der Waals surface area contributed by atoms with E-state index >= 15 is 0 Å². The third-order valence-corrected chi connectivity index (χ3v) is 4.17. The number of fused-ring (bicyclic) bond motifs is 1. The van der Waals surface area contributed by atoms with Crippen molar-refractivity contribution in [3.05, 3.63) is 71.9 Å². The average Bonchev–Trinajstić information content (AvgIpc) is 3.16. The van der Waals surface area contributed by atoms with E-state index in [-0.39, 0.29) is 18.4 Å². The molecule has 0 spiro atoms. The van der Waals surface area contributed by atoms with E-state index in [2.05, 4.69) is 27.6 Å². The molecular weight excluding hydrogens is 344 g/mol. The van der Waals surface area contributed by atoms with Gasteiger partial charge < -0.3 is 19.7 Å². The highest BCUT2D eigenvalue weighted by Crippen LogP contribution is 2.34. The first-order chi connectivity index (χ1) is 13.2. The van der Waals surface area contributed by atoms with Crippen molar-refractivity contribution in [2.75, 3.05) is 24.1 Å². The lowest BCUT2D eigenvalue weighted by molar-refractivity contribution is 0.102. The molecule has 3 aromatic rings. The Morgan fingerprint density at radius 2 is 1.85 bits per heavy atom. The molecule has 2 aromatic carbocycles. The van der Waals surface area contributed by atoms with Crippen LogP contribution in [0.25, 0.3) is 0 Å². The molecule has 1 aliphatic heterocycles. The van der Waals surface area contributed by atoms with Crippen molar-refractivity contribution >= 4 is 17.4 Å². The number of benzene rings is 2. The Labute approximate surface area is 156 Å². The minimum absolute atomic E-state index is 0.191. The predicted molar refractivity (Wildman–Crippen MR) is 101 cm³/mol. The van der Waals surface area contributed by atoms with Crippen LogP contribution in [-0.4, -0.2) is 29.9 Å². The summed E-state index contributed by atoms with van der Waals surface area (Å²) in [6.07, 6.45) is 0. The SMILES string of the molecule is CN(Cc1ccccc1)c1ccc(C(=O)Nc2ccc3c(c2)OCO3)nn1. The maximum Gasteiger partial charge on any atom is 0.276 e. The normalized spacial score (nSPS) is 11.9. The van der Waals surface area contributed by atoms with Crippen LogP contribution in [0.1, 0.15) is 16.1 Å². The van der Waals surface area contributed by atoms with Crippen LogP contribution in [0.5, 0.6) is 11.5 Å². The van der Waals surface area contributed by atoms with Crippen LogP contribution < -0.4 is 19.7 Å². The molecule has 0 radical (unpaired) electrons. The van der Waals surface area contributed by atoms with Gasteiger partial charge >= 0.3 is 0 Å². The molecule has 0 atom stereocenters. The van der Waals surface area contributed by atoms with Gasteiger partial charge in [0.05, 0.1) is 0 Å². The van der Waals surface area contributed by atoms with Crippen molar-refractivity contribution in [3.63, 3.8) is 0 Å². The van der Waals surface area contributed by atoms with Crippen molar-refractivity contribution in [1.82, 2.24) is 10.2 Å². The Morgan fingerprint density at radius 1 is 1.04 bits per heavy atom. The van der Waals surface area contributed by atoms with Crippen LogP contribution in [-0.2, 0) is 6.54 Å². The van der Waals surface area contributed by atoms with Gasteiger partial charge in [0, 0.05) is 25.3 Å². The molecule has 1 amide bonds. The number of amides is 1. The second kappa shape index (κ2) is 7.33. The Bertz CT molecular complexity index is 945. The molecule has 7 nitrogen and oxygen atoms in total. The van der Waals surface area contributed by atoms with Gasteiger partial charge in [-0.3, -0.25) is 4.79 Å². The van der Waals surface area contributed by atoms with Crippen molar-refractivity contribution in [1.29, 1.82) is 0 Å². The van der Waals surface area contributed by atoms with E-state index in [0.29, 0.717) is 29.5 Å². The molecule has 4 rings (SSSR count). The Kier molecular flexibility index (Phi) is 4.57. The van der Waals surface area contributed by atoms with Gasteiger partial charge in [-0.05, 0) is 29.8 Å². The highest BCUT2D eigenvalue weighted by atomic mass is 16.7. The highest BCUT2D eigenvalue weighted by Gasteiger charge is 2.15. The first-order valence-corrected chi connectivity index (χ1v) is 8.49. The maximum atomic E-state index is 12.4. The van der Waals surface area contributed by atoms with Crippen LogP contribution in [0, 0.1) is 0 Å². The number of aromatic nitrogens is 2. The van der Waals surface area contributed by atoms with E-state index in [1.54, 1.807) is 30.3 Å². The summed E-state index contributed by atoms with van der Waals surface area (Å²) in [5, 5.41) is 11.0. The van der Waals surface area contributed by atoms with E-state index in [9.17, 15) is 4.79 Å². The Morgan fingerprint density at radius 3 is 2.63 bits per heavy atom. The summed E-state index contributed by atoms with van der Waals surface area (Å²) in [4.78, 5) is 14.4. The maximum absolute atomic E-state index is 12.4. The number of hydrogen-bond acceptors (Lipinski definition) is 6. The summed E-state index contributed by atoms with van der Waals surface area (Å²) in [5.74, 6) is 1.63. The van der Waals surface area contributed by atoms with E-state index in [0.717, 1.165) is 0 Å². The predicted octanol–water partition coefficient (Wildman–Crippen LogP) is 3.09. The molecule has 0 fully saturated rings. The molecule has 0 bridgehead atoms. The summed E-state index contributed by atoms with van der Waals surface area (Å²) in [6.45, 7) is 0.897. The quantitative estimate of drug-likeness (QED) is 0.752. The van der Waals surface area contributed by atoms with Crippen LogP contribution in [0.2, 0.25) is 0 Å². The second-order valence-electron chi connectivity index (χ2n) is 6.14. The molecule has 0 unspecified atom stereocenters. The lowest BCUT2D eigenvalue weighted by Gasteiger charge is -2.17. The number of carbonyl (C=O) groups is 1. The van der Waals surface area contributed by atoms with Gasteiger partial charge in [0.2, 0.25) is 6.79 Å². The minimum Gasteiger partial charge on any atom is -0.454 e. The third-order valence-electron chi connectivity index (χ3n) is 4.17. The monoisotopic (exact) mass is 362 g/mol. The van der Waals surface area contributed by atoms with E-state index in [4.69, 9.17) is 9.47 Å². The van der Waals surface area contributed by atoms with Gasteiger partial charge in [0.25, 0.3) is 5.91 Å². The standard InChI is InChI=1S/C20H18N4O3/c1-24(12-14-5-3-2-4-6-14)19-10-8-16(22-23-19)20(25)21-15-7-9-17-18(11-15)27-13-26-17/h2-11H,12-13H2,1H3,(H,21,25). The van der Waals surface area contributed by atoms with Crippen molar-refractivity contribution in [2.45, 2.75) is 6.54 Å². The van der Waals surface area contributed by atoms with Crippen LogP contribution in [0.15, 0.2) is 60.7 Å².